The van der Waals surface area contributed by atoms with Gasteiger partial charge in [-0.2, -0.15) is 11.8 Å². The second kappa shape index (κ2) is 7.35. The molecule has 0 amide bonds. The van der Waals surface area contributed by atoms with Crippen molar-refractivity contribution in [3.63, 3.8) is 0 Å². The topological polar surface area (TPSA) is 29.5 Å². The van der Waals surface area contributed by atoms with E-state index in [4.69, 9.17) is 4.74 Å². The van der Waals surface area contributed by atoms with E-state index in [-0.39, 0.29) is 0 Å². The van der Waals surface area contributed by atoms with Gasteiger partial charge in [-0.15, -0.1) is 0 Å². The molecule has 0 bridgehead atoms. The number of hydrogen-bond donors (Lipinski definition) is 0. The molecule has 0 saturated heterocycles. The Morgan fingerprint density at radius 1 is 1.41 bits per heavy atom. The number of rotatable bonds is 7. The van der Waals surface area contributed by atoms with Gasteiger partial charge in [0.25, 0.3) is 0 Å². The molecule has 0 spiro atoms. The molecule has 0 unspecified atom stereocenters. The first-order valence-electron chi connectivity index (χ1n) is 5.52. The molecule has 0 fully saturated rings. The molecule has 0 aliphatic heterocycles. The van der Waals surface area contributed by atoms with Crippen LogP contribution in [0.5, 0.6) is 5.75 Å². The van der Waals surface area contributed by atoms with Crippen molar-refractivity contribution < 1.29 is 9.53 Å². The van der Waals surface area contributed by atoms with Gasteiger partial charge in [0.15, 0.2) is 0 Å². The van der Waals surface area contributed by atoms with Gasteiger partial charge in [0.1, 0.15) is 12.0 Å². The Morgan fingerprint density at radius 2 is 2.18 bits per heavy atom. The zero-order valence-corrected chi connectivity index (χ0v) is 11.4. The van der Waals surface area contributed by atoms with Crippen molar-refractivity contribution in [1.82, 2.24) is 4.90 Å². The Morgan fingerprint density at radius 3 is 2.76 bits per heavy atom. The summed E-state index contributed by atoms with van der Waals surface area (Å²) in [6.07, 6.45) is 0.868. The summed E-state index contributed by atoms with van der Waals surface area (Å²) in [6.45, 7) is 1.06. The highest BCUT2D eigenvalue weighted by Crippen LogP contribution is 2.24. The molecule has 1 aromatic carbocycles. The Balaban J connectivity index is 2.58. The summed E-state index contributed by atoms with van der Waals surface area (Å²) in [5.74, 6) is 2.80. The molecule has 1 rings (SSSR count). The molecule has 4 heteroatoms. The van der Waals surface area contributed by atoms with Crippen LogP contribution in [0.15, 0.2) is 18.2 Å². The number of carbonyl (C=O) groups is 1. The lowest BCUT2D eigenvalue weighted by molar-refractivity contribution is 0.112. The number of carbonyl (C=O) groups excluding carboxylic acids is 1. The van der Waals surface area contributed by atoms with Crippen molar-refractivity contribution in [3.8, 4) is 5.75 Å². The molecule has 0 saturated carbocycles. The smallest absolute Gasteiger partial charge is 0.150 e. The normalized spacial score (nSPS) is 10.6. The van der Waals surface area contributed by atoms with Gasteiger partial charge >= 0.3 is 0 Å². The number of aldehydes is 1. The maximum absolute atomic E-state index is 10.7. The monoisotopic (exact) mass is 253 g/mol. The van der Waals surface area contributed by atoms with Crippen molar-refractivity contribution in [3.05, 3.63) is 29.3 Å². The summed E-state index contributed by atoms with van der Waals surface area (Å²) in [4.78, 5) is 12.9. The maximum atomic E-state index is 10.7. The number of methoxy groups -OCH3 is 1. The number of benzene rings is 1. The minimum absolute atomic E-state index is 0.703. The van der Waals surface area contributed by atoms with E-state index in [1.165, 1.54) is 0 Å². The second-order valence-corrected chi connectivity index (χ2v) is 5.15. The highest BCUT2D eigenvalue weighted by molar-refractivity contribution is 7.98. The van der Waals surface area contributed by atoms with Crippen molar-refractivity contribution in [2.75, 3.05) is 33.5 Å². The molecule has 1 aromatic rings. The number of nitrogens with zero attached hydrogens (tertiary/aromatic N) is 1. The average Bonchev–Trinajstić information content (AvgIpc) is 2.34. The fourth-order valence-corrected chi connectivity index (χ4v) is 2.50. The molecule has 0 radical (unpaired) electrons. The van der Waals surface area contributed by atoms with Crippen LogP contribution in [0.3, 0.4) is 0 Å². The van der Waals surface area contributed by atoms with Crippen molar-refractivity contribution in [1.29, 1.82) is 0 Å². The van der Waals surface area contributed by atoms with Gasteiger partial charge in [0.05, 0.1) is 7.11 Å². The molecule has 0 aromatic heterocycles. The summed E-state index contributed by atoms with van der Waals surface area (Å²) in [7, 11) is 5.78. The highest BCUT2D eigenvalue weighted by atomic mass is 32.2. The maximum Gasteiger partial charge on any atom is 0.150 e. The Hall–Kier alpha value is -1.00. The average molecular weight is 253 g/mol. The lowest BCUT2D eigenvalue weighted by Gasteiger charge is -2.11. The van der Waals surface area contributed by atoms with E-state index in [0.29, 0.717) is 5.56 Å². The fourth-order valence-electron chi connectivity index (χ4n) is 1.41. The second-order valence-electron chi connectivity index (χ2n) is 4.04. The molecular formula is C13H19NO2S. The van der Waals surface area contributed by atoms with E-state index >= 15 is 0 Å². The molecule has 3 nitrogen and oxygen atoms in total. The van der Waals surface area contributed by atoms with Crippen LogP contribution in [-0.2, 0) is 5.75 Å². The Labute approximate surface area is 107 Å². The lowest BCUT2D eigenvalue weighted by Crippen LogP contribution is -2.14. The summed E-state index contributed by atoms with van der Waals surface area (Å²) >= 11 is 1.85. The highest BCUT2D eigenvalue weighted by Gasteiger charge is 2.04. The Bertz CT molecular complexity index is 366. The third-order valence-corrected chi connectivity index (χ3v) is 3.37. The van der Waals surface area contributed by atoms with Crippen LogP contribution in [0.2, 0.25) is 0 Å². The predicted octanol–water partition coefficient (Wildman–Crippen LogP) is 2.30. The van der Waals surface area contributed by atoms with E-state index in [1.807, 2.05) is 23.9 Å². The number of hydrogen-bond acceptors (Lipinski definition) is 4. The predicted molar refractivity (Wildman–Crippen MR) is 73.1 cm³/mol. The van der Waals surface area contributed by atoms with Crippen LogP contribution in [0, 0.1) is 0 Å². The molecule has 0 aliphatic carbocycles. The largest absolute Gasteiger partial charge is 0.496 e. The summed E-state index contributed by atoms with van der Waals surface area (Å²) in [5.41, 5.74) is 1.79. The van der Waals surface area contributed by atoms with Gasteiger partial charge in [-0.1, -0.05) is 0 Å². The minimum Gasteiger partial charge on any atom is -0.496 e. The molecular weight excluding hydrogens is 234 g/mol. The third-order valence-electron chi connectivity index (χ3n) is 2.38. The van der Waals surface area contributed by atoms with Crippen LogP contribution in [-0.4, -0.2) is 44.7 Å². The lowest BCUT2D eigenvalue weighted by atomic mass is 10.1. The first-order valence-corrected chi connectivity index (χ1v) is 6.67. The van der Waals surface area contributed by atoms with Gasteiger partial charge in [-0.05, 0) is 32.3 Å². The molecule has 94 valence electrons. The fraction of sp³-hybridized carbons (Fsp3) is 0.462. The van der Waals surface area contributed by atoms with E-state index in [2.05, 4.69) is 19.0 Å². The van der Waals surface area contributed by atoms with Crippen LogP contribution >= 0.6 is 11.8 Å². The summed E-state index contributed by atoms with van der Waals surface area (Å²) in [5, 5.41) is 0. The zero-order valence-electron chi connectivity index (χ0n) is 10.6. The zero-order chi connectivity index (χ0) is 12.7. The first-order chi connectivity index (χ1) is 8.17. The Kier molecular flexibility index (Phi) is 6.08. The SMILES string of the molecule is COc1ccc(C=O)cc1CSCCN(C)C. The van der Waals surface area contributed by atoms with Crippen LogP contribution in [0.25, 0.3) is 0 Å². The molecule has 0 N–H and O–H groups in total. The quantitative estimate of drug-likeness (QED) is 0.551. The van der Waals surface area contributed by atoms with Gasteiger partial charge < -0.3 is 9.64 Å². The third kappa shape index (κ3) is 4.79. The van der Waals surface area contributed by atoms with E-state index in [9.17, 15) is 4.79 Å². The molecule has 0 aliphatic rings. The van der Waals surface area contributed by atoms with Gasteiger partial charge in [0.2, 0.25) is 0 Å². The molecule has 0 atom stereocenters. The summed E-state index contributed by atoms with van der Waals surface area (Å²) < 4.78 is 5.28. The van der Waals surface area contributed by atoms with E-state index < -0.39 is 0 Å². The first kappa shape index (κ1) is 14.1. The van der Waals surface area contributed by atoms with Crippen molar-refractivity contribution in [2.24, 2.45) is 0 Å². The van der Waals surface area contributed by atoms with Crippen LogP contribution < -0.4 is 4.74 Å². The minimum atomic E-state index is 0.703. The van der Waals surface area contributed by atoms with Gasteiger partial charge in [0, 0.05) is 29.2 Å². The summed E-state index contributed by atoms with van der Waals surface area (Å²) in [6, 6.07) is 5.53. The van der Waals surface area contributed by atoms with Crippen LogP contribution in [0.4, 0.5) is 0 Å². The van der Waals surface area contributed by atoms with E-state index in [0.717, 1.165) is 35.6 Å². The van der Waals surface area contributed by atoms with Crippen LogP contribution in [0.1, 0.15) is 15.9 Å². The molecule has 0 heterocycles. The number of ether oxygens (including phenoxy) is 1. The molecule has 17 heavy (non-hydrogen) atoms. The standard InChI is InChI=1S/C13H19NO2S/c1-14(2)6-7-17-10-12-8-11(9-15)4-5-13(12)16-3/h4-5,8-9H,6-7,10H2,1-3H3. The van der Waals surface area contributed by atoms with Crippen molar-refractivity contribution >= 4 is 18.0 Å². The van der Waals surface area contributed by atoms with E-state index in [1.54, 1.807) is 13.2 Å². The van der Waals surface area contributed by atoms with Crippen molar-refractivity contribution in [2.45, 2.75) is 5.75 Å². The number of thioether (sulfide) groups is 1. The van der Waals surface area contributed by atoms with Gasteiger partial charge in [-0.25, -0.2) is 0 Å². The van der Waals surface area contributed by atoms with Gasteiger partial charge in [-0.3, -0.25) is 4.79 Å².